The summed E-state index contributed by atoms with van der Waals surface area (Å²) in [6.07, 6.45) is -2.79. The Hall–Kier alpha value is -2.97. The molecule has 2 aromatic heterocycles. The van der Waals surface area contributed by atoms with E-state index in [2.05, 4.69) is 9.97 Å². The van der Waals surface area contributed by atoms with Crippen molar-refractivity contribution in [2.75, 3.05) is 4.90 Å². The van der Waals surface area contributed by atoms with Gasteiger partial charge in [0.25, 0.3) is 0 Å². The number of anilines is 1. The van der Waals surface area contributed by atoms with E-state index in [4.69, 9.17) is 4.74 Å². The van der Waals surface area contributed by atoms with Gasteiger partial charge in [0.2, 0.25) is 0 Å². The Labute approximate surface area is 160 Å². The zero-order valence-corrected chi connectivity index (χ0v) is 15.9. The Morgan fingerprint density at radius 2 is 1.89 bits per heavy atom. The van der Waals surface area contributed by atoms with Crippen LogP contribution in [0, 0.1) is 6.92 Å². The van der Waals surface area contributed by atoms with Crippen LogP contribution in [0.25, 0.3) is 0 Å². The number of alkyl halides is 3. The molecule has 0 saturated heterocycles. The lowest BCUT2D eigenvalue weighted by molar-refractivity contribution is -0.138. The molecule has 6 nitrogen and oxygen atoms in total. The Morgan fingerprint density at radius 3 is 2.43 bits per heavy atom. The first-order chi connectivity index (χ1) is 12.9. The second kappa shape index (κ2) is 7.95. The predicted octanol–water partition coefficient (Wildman–Crippen LogP) is 4.56. The van der Waals surface area contributed by atoms with E-state index in [1.807, 2.05) is 0 Å². The summed E-state index contributed by atoms with van der Waals surface area (Å²) in [6, 6.07) is 3.66. The molecule has 150 valence electrons. The molecule has 0 aromatic carbocycles. The first-order valence-corrected chi connectivity index (χ1v) is 8.36. The standard InChI is InChI=1S/C19H20F3N3O3/c1-12-13(11-26)5-6-16(24-12)25(17(27)28-18(2,3)4)10-14-9-23-8-7-15(14)19(20,21)22/h5-9,11H,10H2,1-4H3. The van der Waals surface area contributed by atoms with Gasteiger partial charge in [-0.3, -0.25) is 14.7 Å². The van der Waals surface area contributed by atoms with Gasteiger partial charge in [0.15, 0.2) is 6.29 Å². The maximum absolute atomic E-state index is 13.3. The topological polar surface area (TPSA) is 72.4 Å². The molecular formula is C19H20F3N3O3. The zero-order chi connectivity index (χ0) is 21.1. The summed E-state index contributed by atoms with van der Waals surface area (Å²) >= 11 is 0. The highest BCUT2D eigenvalue weighted by Crippen LogP contribution is 2.32. The Bertz CT molecular complexity index is 877. The fraction of sp³-hybridized carbons (Fsp3) is 0.368. The minimum absolute atomic E-state index is 0.0642. The van der Waals surface area contributed by atoms with E-state index in [9.17, 15) is 22.8 Å². The summed E-state index contributed by atoms with van der Waals surface area (Å²) in [7, 11) is 0. The van der Waals surface area contributed by atoms with E-state index in [1.54, 1.807) is 27.7 Å². The van der Waals surface area contributed by atoms with Crippen molar-refractivity contribution in [3.8, 4) is 0 Å². The molecule has 0 fully saturated rings. The predicted molar refractivity (Wildman–Crippen MR) is 96.0 cm³/mol. The van der Waals surface area contributed by atoms with Crippen LogP contribution in [0.5, 0.6) is 0 Å². The molecule has 0 aliphatic carbocycles. The van der Waals surface area contributed by atoms with Crippen LogP contribution in [-0.2, 0) is 17.5 Å². The number of halogens is 3. The first-order valence-electron chi connectivity index (χ1n) is 8.36. The molecular weight excluding hydrogens is 375 g/mol. The molecule has 0 aliphatic heterocycles. The maximum Gasteiger partial charge on any atom is 0.416 e. The monoisotopic (exact) mass is 395 g/mol. The first kappa shape index (κ1) is 21.3. The molecule has 0 radical (unpaired) electrons. The fourth-order valence-corrected chi connectivity index (χ4v) is 2.39. The number of aryl methyl sites for hydroxylation is 1. The van der Waals surface area contributed by atoms with E-state index < -0.39 is 30.0 Å². The van der Waals surface area contributed by atoms with Gasteiger partial charge in [-0.1, -0.05) is 0 Å². The van der Waals surface area contributed by atoms with Gasteiger partial charge in [0.05, 0.1) is 17.8 Å². The molecule has 2 aromatic rings. The number of hydrogen-bond acceptors (Lipinski definition) is 5. The number of pyridine rings is 2. The Kier molecular flexibility index (Phi) is 6.06. The van der Waals surface area contributed by atoms with Crippen LogP contribution in [-0.4, -0.2) is 27.9 Å². The van der Waals surface area contributed by atoms with Crippen LogP contribution in [0.2, 0.25) is 0 Å². The number of aldehydes is 1. The van der Waals surface area contributed by atoms with Crippen molar-refractivity contribution in [2.45, 2.75) is 46.0 Å². The van der Waals surface area contributed by atoms with Crippen molar-refractivity contribution < 1.29 is 27.5 Å². The number of ether oxygens (including phenoxy) is 1. The van der Waals surface area contributed by atoms with Gasteiger partial charge in [-0.25, -0.2) is 9.78 Å². The number of aromatic nitrogens is 2. The molecule has 0 spiro atoms. The largest absolute Gasteiger partial charge is 0.443 e. The van der Waals surface area contributed by atoms with Crippen LogP contribution in [0.4, 0.5) is 23.8 Å². The molecule has 0 bridgehead atoms. The summed E-state index contributed by atoms with van der Waals surface area (Å²) in [5.41, 5.74) is -1.33. The Morgan fingerprint density at radius 1 is 1.21 bits per heavy atom. The molecule has 1 amide bonds. The highest BCUT2D eigenvalue weighted by Gasteiger charge is 2.35. The van der Waals surface area contributed by atoms with Crippen LogP contribution >= 0.6 is 0 Å². The molecule has 9 heteroatoms. The second-order valence-electron chi connectivity index (χ2n) is 7.06. The van der Waals surface area contributed by atoms with Gasteiger partial charge < -0.3 is 4.74 Å². The third kappa shape index (κ3) is 5.28. The van der Waals surface area contributed by atoms with Gasteiger partial charge in [0.1, 0.15) is 11.4 Å². The van der Waals surface area contributed by atoms with Gasteiger partial charge in [0, 0.05) is 23.5 Å². The Balaban J connectivity index is 2.50. The van der Waals surface area contributed by atoms with Gasteiger partial charge in [-0.2, -0.15) is 13.2 Å². The van der Waals surface area contributed by atoms with Crippen molar-refractivity contribution in [3.05, 3.63) is 53.0 Å². The number of carbonyl (C=O) groups is 2. The van der Waals surface area contributed by atoms with Gasteiger partial charge >= 0.3 is 12.3 Å². The lowest BCUT2D eigenvalue weighted by atomic mass is 10.1. The number of nitrogens with zero attached hydrogens (tertiary/aromatic N) is 3. The van der Waals surface area contributed by atoms with Crippen LogP contribution in [0.15, 0.2) is 30.6 Å². The maximum atomic E-state index is 13.3. The molecule has 28 heavy (non-hydrogen) atoms. The highest BCUT2D eigenvalue weighted by molar-refractivity contribution is 5.87. The van der Waals surface area contributed by atoms with Crippen LogP contribution in [0.3, 0.4) is 0 Å². The summed E-state index contributed by atoms with van der Waals surface area (Å²) in [6.45, 7) is 6.03. The fourth-order valence-electron chi connectivity index (χ4n) is 2.39. The average Bonchev–Trinajstić information content (AvgIpc) is 2.57. The van der Waals surface area contributed by atoms with Crippen molar-refractivity contribution in [1.29, 1.82) is 0 Å². The SMILES string of the molecule is Cc1nc(N(Cc2cnccc2C(F)(F)F)C(=O)OC(C)(C)C)ccc1C=O. The van der Waals surface area contributed by atoms with Gasteiger partial charge in [-0.15, -0.1) is 0 Å². The summed E-state index contributed by atoms with van der Waals surface area (Å²) in [5.74, 6) is 0.0642. The third-order valence-corrected chi connectivity index (χ3v) is 3.67. The molecule has 0 atom stereocenters. The van der Waals surface area contributed by atoms with E-state index >= 15 is 0 Å². The smallest absolute Gasteiger partial charge is 0.416 e. The van der Waals surface area contributed by atoms with Crippen molar-refractivity contribution in [1.82, 2.24) is 9.97 Å². The second-order valence-corrected chi connectivity index (χ2v) is 7.06. The van der Waals surface area contributed by atoms with Crippen LogP contribution < -0.4 is 4.90 Å². The lowest BCUT2D eigenvalue weighted by Crippen LogP contribution is -2.37. The average molecular weight is 395 g/mol. The van der Waals surface area contributed by atoms with Crippen LogP contribution in [0.1, 0.15) is 48.0 Å². The number of carbonyl (C=O) groups excluding carboxylic acids is 2. The minimum Gasteiger partial charge on any atom is -0.443 e. The van der Waals surface area contributed by atoms with Crippen molar-refractivity contribution in [3.63, 3.8) is 0 Å². The molecule has 2 rings (SSSR count). The molecule has 0 saturated carbocycles. The highest BCUT2D eigenvalue weighted by atomic mass is 19.4. The van der Waals surface area contributed by atoms with E-state index in [-0.39, 0.29) is 11.4 Å². The summed E-state index contributed by atoms with van der Waals surface area (Å²) < 4.78 is 45.3. The lowest BCUT2D eigenvalue weighted by Gasteiger charge is -2.27. The number of amides is 1. The number of hydrogen-bond donors (Lipinski definition) is 0. The molecule has 0 N–H and O–H groups in total. The molecule has 0 unspecified atom stereocenters. The van der Waals surface area contributed by atoms with E-state index in [0.717, 1.165) is 23.4 Å². The summed E-state index contributed by atoms with van der Waals surface area (Å²) in [4.78, 5) is 32.6. The zero-order valence-electron chi connectivity index (χ0n) is 15.9. The summed E-state index contributed by atoms with van der Waals surface area (Å²) in [5, 5.41) is 0. The van der Waals surface area contributed by atoms with Crippen molar-refractivity contribution >= 4 is 18.2 Å². The van der Waals surface area contributed by atoms with Gasteiger partial charge in [-0.05, 0) is 45.9 Å². The molecule has 0 aliphatic rings. The minimum atomic E-state index is -4.61. The van der Waals surface area contributed by atoms with E-state index in [1.165, 1.54) is 12.1 Å². The molecule has 2 heterocycles. The van der Waals surface area contributed by atoms with Crippen molar-refractivity contribution in [2.24, 2.45) is 0 Å². The third-order valence-electron chi connectivity index (χ3n) is 3.67. The van der Waals surface area contributed by atoms with E-state index in [0.29, 0.717) is 17.5 Å². The number of rotatable bonds is 4. The quantitative estimate of drug-likeness (QED) is 0.710. The normalized spacial score (nSPS) is 11.8.